The number of carbonyl (C=O) groups is 4. The molecular weight excluding hydrogens is 472 g/mol. The molecule has 0 saturated carbocycles. The van der Waals surface area contributed by atoms with Crippen LogP contribution < -0.4 is 21.3 Å². The van der Waals surface area contributed by atoms with Crippen LogP contribution in [0.4, 0.5) is 10.5 Å². The molecule has 3 rings (SSSR count). The topological polar surface area (TPSA) is 137 Å². The minimum Gasteiger partial charge on any atom is -0.481 e. The Kier molecular flexibility index (Phi) is 9.78. The number of hydrogen-bond acceptors (Lipinski definition) is 4. The van der Waals surface area contributed by atoms with Gasteiger partial charge in [-0.05, 0) is 41.3 Å². The fraction of sp³-hybridized carbons (Fsp3) is 0.214. The zero-order valence-corrected chi connectivity index (χ0v) is 20.5. The molecule has 9 nitrogen and oxygen atoms in total. The summed E-state index contributed by atoms with van der Waals surface area (Å²) in [7, 11) is 0. The Balaban J connectivity index is 1.54. The fourth-order valence-corrected chi connectivity index (χ4v) is 3.81. The Labute approximate surface area is 215 Å². The Hall–Kier alpha value is -4.66. The number of carbonyl (C=O) groups excluding carboxylic acids is 3. The number of benzene rings is 3. The maximum Gasteiger partial charge on any atom is 0.319 e. The first-order valence-electron chi connectivity index (χ1n) is 11.9. The van der Waals surface area contributed by atoms with Crippen LogP contribution in [-0.4, -0.2) is 35.5 Å². The number of rotatable bonds is 11. The molecule has 0 aromatic heterocycles. The van der Waals surface area contributed by atoms with E-state index in [0.29, 0.717) is 18.7 Å². The van der Waals surface area contributed by atoms with Crippen molar-refractivity contribution in [3.63, 3.8) is 0 Å². The molecule has 0 aliphatic carbocycles. The van der Waals surface area contributed by atoms with E-state index in [-0.39, 0.29) is 18.5 Å². The molecule has 0 saturated heterocycles. The summed E-state index contributed by atoms with van der Waals surface area (Å²) in [5, 5.41) is 20.0. The summed E-state index contributed by atoms with van der Waals surface area (Å²) in [5.74, 6) is -2.07. The second kappa shape index (κ2) is 13.4. The van der Waals surface area contributed by atoms with Crippen LogP contribution in [-0.2, 0) is 22.6 Å². The first-order chi connectivity index (χ1) is 17.9. The molecule has 0 bridgehead atoms. The molecule has 0 heterocycles. The van der Waals surface area contributed by atoms with Crippen LogP contribution in [0, 0.1) is 0 Å². The van der Waals surface area contributed by atoms with Gasteiger partial charge in [0, 0.05) is 17.8 Å². The normalized spacial score (nSPS) is 11.2. The average Bonchev–Trinajstić information content (AvgIpc) is 2.90. The van der Waals surface area contributed by atoms with Gasteiger partial charge in [0.2, 0.25) is 5.91 Å². The number of urea groups is 1. The van der Waals surface area contributed by atoms with Gasteiger partial charge in [-0.15, -0.1) is 0 Å². The number of amides is 4. The van der Waals surface area contributed by atoms with Crippen LogP contribution in [0.2, 0.25) is 0 Å². The van der Waals surface area contributed by atoms with Crippen LogP contribution in [0.5, 0.6) is 0 Å². The zero-order valence-electron chi connectivity index (χ0n) is 20.5. The van der Waals surface area contributed by atoms with Gasteiger partial charge < -0.3 is 26.4 Å². The summed E-state index contributed by atoms with van der Waals surface area (Å²) >= 11 is 0. The zero-order chi connectivity index (χ0) is 26.6. The lowest BCUT2D eigenvalue weighted by Gasteiger charge is -2.20. The summed E-state index contributed by atoms with van der Waals surface area (Å²) in [6.07, 6.45) is 0.407. The van der Waals surface area contributed by atoms with Crippen molar-refractivity contribution in [3.05, 3.63) is 101 Å². The van der Waals surface area contributed by atoms with Crippen molar-refractivity contribution in [2.75, 3.05) is 11.9 Å². The summed E-state index contributed by atoms with van der Waals surface area (Å²) < 4.78 is 0. The van der Waals surface area contributed by atoms with E-state index in [4.69, 9.17) is 0 Å². The predicted molar refractivity (Wildman–Crippen MR) is 140 cm³/mol. The molecule has 3 aromatic rings. The lowest BCUT2D eigenvalue weighted by molar-refractivity contribution is -0.137. The van der Waals surface area contributed by atoms with Crippen LogP contribution in [0.25, 0.3) is 0 Å². The molecule has 0 aliphatic heterocycles. The van der Waals surface area contributed by atoms with Gasteiger partial charge in [0.15, 0.2) is 0 Å². The molecule has 4 amide bonds. The van der Waals surface area contributed by atoms with Gasteiger partial charge in [0.25, 0.3) is 5.91 Å². The predicted octanol–water partition coefficient (Wildman–Crippen LogP) is 3.63. The van der Waals surface area contributed by atoms with E-state index in [1.807, 2.05) is 49.4 Å². The minimum atomic E-state index is -1.04. The van der Waals surface area contributed by atoms with Crippen LogP contribution >= 0.6 is 0 Å². The van der Waals surface area contributed by atoms with Crippen LogP contribution in [0.1, 0.15) is 46.4 Å². The lowest BCUT2D eigenvalue weighted by atomic mass is 9.96. The largest absolute Gasteiger partial charge is 0.481 e. The number of aryl methyl sites for hydroxylation is 1. The molecule has 0 spiro atoms. The molecule has 192 valence electrons. The Bertz CT molecular complexity index is 1250. The molecule has 0 aliphatic rings. The van der Waals surface area contributed by atoms with Gasteiger partial charge in [-0.2, -0.15) is 0 Å². The van der Waals surface area contributed by atoms with Gasteiger partial charge in [-0.3, -0.25) is 14.4 Å². The van der Waals surface area contributed by atoms with Crippen LogP contribution in [0.3, 0.4) is 0 Å². The standard InChI is InChI=1S/C28H30N4O5/c1-2-20-11-6-7-14-23(20)24(16-26(34)35)32-25(33)18-29-27(36)21-12-8-13-22(15-21)31-28(37)30-17-19-9-4-3-5-10-19/h3-15,24H,2,16-18H2,1H3,(H,29,36)(H,32,33)(H,34,35)(H2,30,31,37). The molecule has 1 unspecified atom stereocenters. The minimum absolute atomic E-state index is 0.257. The van der Waals surface area contributed by atoms with E-state index in [0.717, 1.165) is 16.7 Å². The highest BCUT2D eigenvalue weighted by atomic mass is 16.4. The molecule has 0 radical (unpaired) electrons. The van der Waals surface area contributed by atoms with E-state index < -0.39 is 29.9 Å². The first-order valence-corrected chi connectivity index (χ1v) is 11.9. The van der Waals surface area contributed by atoms with E-state index in [1.54, 1.807) is 30.3 Å². The molecule has 9 heteroatoms. The summed E-state index contributed by atoms with van der Waals surface area (Å²) in [5.41, 5.74) is 3.30. The maximum absolute atomic E-state index is 12.6. The van der Waals surface area contributed by atoms with Gasteiger partial charge in [-0.1, -0.05) is 67.6 Å². The third-order valence-corrected chi connectivity index (χ3v) is 5.61. The van der Waals surface area contributed by atoms with Crippen molar-refractivity contribution in [1.29, 1.82) is 0 Å². The number of hydrogen-bond donors (Lipinski definition) is 5. The first kappa shape index (κ1) is 26.9. The summed E-state index contributed by atoms with van der Waals surface area (Å²) in [6, 6.07) is 22.0. The number of nitrogens with one attached hydrogen (secondary N) is 4. The molecule has 37 heavy (non-hydrogen) atoms. The van der Waals surface area contributed by atoms with Gasteiger partial charge >= 0.3 is 12.0 Å². The number of carboxylic acid groups (broad SMARTS) is 1. The summed E-state index contributed by atoms with van der Waals surface area (Å²) in [6.45, 7) is 1.97. The highest BCUT2D eigenvalue weighted by Gasteiger charge is 2.20. The molecular formula is C28H30N4O5. The lowest BCUT2D eigenvalue weighted by Crippen LogP contribution is -2.39. The van der Waals surface area contributed by atoms with Gasteiger partial charge in [0.05, 0.1) is 19.0 Å². The highest BCUT2D eigenvalue weighted by Crippen LogP contribution is 2.22. The van der Waals surface area contributed by atoms with E-state index in [9.17, 15) is 24.3 Å². The summed E-state index contributed by atoms with van der Waals surface area (Å²) in [4.78, 5) is 48.8. The van der Waals surface area contributed by atoms with E-state index in [1.165, 1.54) is 6.07 Å². The molecule has 5 N–H and O–H groups in total. The van der Waals surface area contributed by atoms with E-state index >= 15 is 0 Å². The molecule has 1 atom stereocenters. The SMILES string of the molecule is CCc1ccccc1C(CC(=O)O)NC(=O)CNC(=O)c1cccc(NC(=O)NCc2ccccc2)c1. The monoisotopic (exact) mass is 502 g/mol. The third kappa shape index (κ3) is 8.50. The van der Waals surface area contributed by atoms with E-state index in [2.05, 4.69) is 21.3 Å². The Morgan fingerprint density at radius 1 is 0.865 bits per heavy atom. The number of carboxylic acids is 1. The van der Waals surface area contributed by atoms with Crippen molar-refractivity contribution in [2.24, 2.45) is 0 Å². The average molecular weight is 503 g/mol. The van der Waals surface area contributed by atoms with Crippen molar-refractivity contribution in [1.82, 2.24) is 16.0 Å². The fourth-order valence-electron chi connectivity index (χ4n) is 3.81. The van der Waals surface area contributed by atoms with Crippen molar-refractivity contribution in [3.8, 4) is 0 Å². The number of aliphatic carboxylic acids is 1. The second-order valence-corrected chi connectivity index (χ2v) is 8.33. The second-order valence-electron chi connectivity index (χ2n) is 8.33. The van der Waals surface area contributed by atoms with Gasteiger partial charge in [-0.25, -0.2) is 4.79 Å². The Morgan fingerprint density at radius 3 is 2.32 bits per heavy atom. The maximum atomic E-state index is 12.6. The smallest absolute Gasteiger partial charge is 0.319 e. The quantitative estimate of drug-likeness (QED) is 0.273. The molecule has 3 aromatic carbocycles. The number of anilines is 1. The van der Waals surface area contributed by atoms with Gasteiger partial charge in [0.1, 0.15) is 0 Å². The van der Waals surface area contributed by atoms with Crippen molar-refractivity contribution < 1.29 is 24.3 Å². The highest BCUT2D eigenvalue weighted by molar-refractivity contribution is 5.98. The third-order valence-electron chi connectivity index (χ3n) is 5.61. The van der Waals surface area contributed by atoms with Crippen molar-refractivity contribution in [2.45, 2.75) is 32.4 Å². The Morgan fingerprint density at radius 2 is 1.59 bits per heavy atom. The molecule has 0 fully saturated rings. The van der Waals surface area contributed by atoms with Crippen LogP contribution in [0.15, 0.2) is 78.9 Å². The van der Waals surface area contributed by atoms with Crippen molar-refractivity contribution >= 4 is 29.5 Å².